The fourth-order valence-electron chi connectivity index (χ4n) is 3.61. The number of aliphatic imine (C=N–C) groups is 1. The van der Waals surface area contributed by atoms with E-state index in [2.05, 4.69) is 30.4 Å². The third kappa shape index (κ3) is 6.61. The highest BCUT2D eigenvalue weighted by Crippen LogP contribution is 2.18. The van der Waals surface area contributed by atoms with E-state index in [0.717, 1.165) is 43.5 Å². The van der Waals surface area contributed by atoms with Gasteiger partial charge in [0, 0.05) is 44.1 Å². The van der Waals surface area contributed by atoms with Crippen molar-refractivity contribution >= 4 is 29.9 Å². The van der Waals surface area contributed by atoms with Crippen LogP contribution < -0.4 is 10.6 Å². The summed E-state index contributed by atoms with van der Waals surface area (Å²) in [6.07, 6.45) is 6.32. The molecule has 3 rings (SSSR count). The molecule has 0 radical (unpaired) electrons. The lowest BCUT2D eigenvalue weighted by Crippen LogP contribution is -2.39. The van der Waals surface area contributed by atoms with E-state index in [1.165, 1.54) is 31.4 Å². The first-order chi connectivity index (χ1) is 14.1. The van der Waals surface area contributed by atoms with Gasteiger partial charge in [-0.2, -0.15) is 0 Å². The normalized spacial score (nSPS) is 15.0. The van der Waals surface area contributed by atoms with Crippen molar-refractivity contribution in [1.82, 2.24) is 25.4 Å². The molecule has 2 N–H and O–H groups in total. The van der Waals surface area contributed by atoms with Crippen molar-refractivity contribution in [2.75, 3.05) is 13.1 Å². The Labute approximate surface area is 194 Å². The van der Waals surface area contributed by atoms with Crippen LogP contribution in [0.2, 0.25) is 0 Å². The van der Waals surface area contributed by atoms with Gasteiger partial charge in [0.15, 0.2) is 5.96 Å². The lowest BCUT2D eigenvalue weighted by atomic mass is 10.1. The van der Waals surface area contributed by atoms with Crippen molar-refractivity contribution in [2.24, 2.45) is 4.99 Å². The van der Waals surface area contributed by atoms with Crippen LogP contribution in [-0.2, 0) is 19.4 Å². The van der Waals surface area contributed by atoms with Crippen LogP contribution in [0.3, 0.4) is 0 Å². The Bertz CT molecular complexity index is 839. The number of aromatic nitrogens is 3. The van der Waals surface area contributed by atoms with Gasteiger partial charge in [-0.1, -0.05) is 12.5 Å². The molecule has 1 aliphatic rings. The number of guanidine groups is 1. The Morgan fingerprint density at radius 1 is 1.23 bits per heavy atom. The van der Waals surface area contributed by atoms with Crippen molar-refractivity contribution < 1.29 is 8.78 Å². The van der Waals surface area contributed by atoms with Crippen LogP contribution in [0.15, 0.2) is 23.2 Å². The zero-order valence-electron chi connectivity index (χ0n) is 17.6. The molecule has 1 aromatic carbocycles. The number of fused-ring (bicyclic) bond motifs is 1. The van der Waals surface area contributed by atoms with Crippen molar-refractivity contribution in [1.29, 1.82) is 0 Å². The largest absolute Gasteiger partial charge is 0.357 e. The van der Waals surface area contributed by atoms with Gasteiger partial charge in [0.25, 0.3) is 0 Å². The molecule has 0 amide bonds. The van der Waals surface area contributed by atoms with Crippen LogP contribution in [0.5, 0.6) is 0 Å². The lowest BCUT2D eigenvalue weighted by Gasteiger charge is -2.18. The molecule has 1 atom stereocenters. The maximum absolute atomic E-state index is 14.0. The Kier molecular flexibility index (Phi) is 9.93. The van der Waals surface area contributed by atoms with Gasteiger partial charge >= 0.3 is 0 Å². The summed E-state index contributed by atoms with van der Waals surface area (Å²) in [7, 11) is 0. The number of nitrogens with one attached hydrogen (secondary N) is 2. The molecule has 9 heteroatoms. The van der Waals surface area contributed by atoms with E-state index < -0.39 is 11.6 Å². The fourth-order valence-corrected chi connectivity index (χ4v) is 3.61. The molecule has 2 heterocycles. The molecular formula is C21H31F2IN6. The van der Waals surface area contributed by atoms with E-state index in [-0.39, 0.29) is 30.0 Å². The predicted octanol–water partition coefficient (Wildman–Crippen LogP) is 4.15. The maximum atomic E-state index is 14.0. The van der Waals surface area contributed by atoms with E-state index in [9.17, 15) is 8.78 Å². The van der Waals surface area contributed by atoms with E-state index in [1.54, 1.807) is 0 Å². The summed E-state index contributed by atoms with van der Waals surface area (Å²) in [4.78, 5) is 4.60. The minimum absolute atomic E-state index is 0. The zero-order valence-corrected chi connectivity index (χ0v) is 20.0. The monoisotopic (exact) mass is 532 g/mol. The number of benzene rings is 1. The fraction of sp³-hybridized carbons (Fsp3) is 0.571. The summed E-state index contributed by atoms with van der Waals surface area (Å²) >= 11 is 0. The molecule has 166 valence electrons. The molecule has 6 nitrogen and oxygen atoms in total. The zero-order chi connectivity index (χ0) is 20.6. The predicted molar refractivity (Wildman–Crippen MR) is 125 cm³/mol. The molecule has 0 saturated heterocycles. The van der Waals surface area contributed by atoms with Crippen LogP contribution in [0.1, 0.15) is 62.8 Å². The molecule has 0 spiro atoms. The van der Waals surface area contributed by atoms with Gasteiger partial charge in [-0.3, -0.25) is 4.99 Å². The molecule has 0 bridgehead atoms. The van der Waals surface area contributed by atoms with Crippen molar-refractivity contribution in [3.63, 3.8) is 0 Å². The molecular weight excluding hydrogens is 501 g/mol. The average molecular weight is 532 g/mol. The molecule has 1 aliphatic heterocycles. The highest BCUT2D eigenvalue weighted by atomic mass is 127. The van der Waals surface area contributed by atoms with Crippen LogP contribution in [0, 0.1) is 11.6 Å². The van der Waals surface area contributed by atoms with Gasteiger partial charge in [-0.05, 0) is 39.2 Å². The Hall–Kier alpha value is -1.78. The first kappa shape index (κ1) is 24.5. The van der Waals surface area contributed by atoms with E-state index in [1.807, 2.05) is 13.8 Å². The first-order valence-corrected chi connectivity index (χ1v) is 10.5. The van der Waals surface area contributed by atoms with Gasteiger partial charge in [0.05, 0.1) is 6.04 Å². The van der Waals surface area contributed by atoms with Gasteiger partial charge in [0.2, 0.25) is 0 Å². The second-order valence-corrected chi connectivity index (χ2v) is 7.39. The quantitative estimate of drug-likeness (QED) is 0.244. The minimum atomic E-state index is -0.578. The van der Waals surface area contributed by atoms with Crippen molar-refractivity contribution in [3.05, 3.63) is 47.0 Å². The number of aryl methyl sites for hydroxylation is 2. The molecule has 0 fully saturated rings. The summed E-state index contributed by atoms with van der Waals surface area (Å²) in [5.41, 5.74) is 0.406. The lowest BCUT2D eigenvalue weighted by molar-refractivity contribution is 0.550. The highest BCUT2D eigenvalue weighted by molar-refractivity contribution is 14.0. The second-order valence-electron chi connectivity index (χ2n) is 7.39. The Morgan fingerprint density at radius 2 is 2.07 bits per heavy atom. The molecule has 0 aliphatic carbocycles. The van der Waals surface area contributed by atoms with Gasteiger partial charge in [-0.25, -0.2) is 8.78 Å². The molecule has 30 heavy (non-hydrogen) atoms. The summed E-state index contributed by atoms with van der Waals surface area (Å²) in [6, 6.07) is 3.30. The van der Waals surface area contributed by atoms with Gasteiger partial charge in [0.1, 0.15) is 23.3 Å². The topological polar surface area (TPSA) is 67.1 Å². The smallest absolute Gasteiger partial charge is 0.191 e. The highest BCUT2D eigenvalue weighted by Gasteiger charge is 2.15. The number of nitrogens with zero attached hydrogens (tertiary/aromatic N) is 4. The third-order valence-corrected chi connectivity index (χ3v) is 5.14. The third-order valence-electron chi connectivity index (χ3n) is 5.14. The average Bonchev–Trinajstić information content (AvgIpc) is 2.91. The summed E-state index contributed by atoms with van der Waals surface area (Å²) in [6.45, 7) is 6.13. The minimum Gasteiger partial charge on any atom is -0.357 e. The van der Waals surface area contributed by atoms with Crippen molar-refractivity contribution in [3.8, 4) is 0 Å². The molecule has 2 aromatic rings. The van der Waals surface area contributed by atoms with E-state index >= 15 is 0 Å². The van der Waals surface area contributed by atoms with Crippen molar-refractivity contribution in [2.45, 2.75) is 65.0 Å². The van der Waals surface area contributed by atoms with Crippen LogP contribution >= 0.6 is 24.0 Å². The maximum Gasteiger partial charge on any atom is 0.191 e. The SMILES string of the molecule is CCNC(=NCCCc1nnc2n1CCCCC2)NC(C)c1ccc(F)cc1F.I. The first-order valence-electron chi connectivity index (χ1n) is 10.5. The summed E-state index contributed by atoms with van der Waals surface area (Å²) in [5, 5.41) is 15.1. The Balaban J connectivity index is 0.00000320. The van der Waals surface area contributed by atoms with Crippen LogP contribution in [0.4, 0.5) is 8.78 Å². The van der Waals surface area contributed by atoms with E-state index in [4.69, 9.17) is 0 Å². The Morgan fingerprint density at radius 3 is 2.83 bits per heavy atom. The second kappa shape index (κ2) is 12.2. The van der Waals surface area contributed by atoms with E-state index in [0.29, 0.717) is 24.6 Å². The number of rotatable bonds is 7. The summed E-state index contributed by atoms with van der Waals surface area (Å²) < 4.78 is 29.4. The molecule has 1 aromatic heterocycles. The number of hydrogen-bond donors (Lipinski definition) is 2. The van der Waals surface area contributed by atoms with Crippen LogP contribution in [-0.4, -0.2) is 33.8 Å². The van der Waals surface area contributed by atoms with Gasteiger partial charge in [-0.15, -0.1) is 34.2 Å². The van der Waals surface area contributed by atoms with Crippen LogP contribution in [0.25, 0.3) is 0 Å². The number of halogens is 3. The standard InChI is InChI=1S/C21H30F2N6.HI/c1-3-24-21(26-15(2)17-11-10-16(22)14-18(17)23)25-12-7-9-20-28-27-19-8-5-4-6-13-29(19)20;/h10-11,14-15H,3-9,12-13H2,1-2H3,(H2,24,25,26);1H. The molecule has 0 saturated carbocycles. The number of hydrogen-bond acceptors (Lipinski definition) is 3. The summed E-state index contributed by atoms with van der Waals surface area (Å²) in [5.74, 6) is 1.62. The molecule has 1 unspecified atom stereocenters. The van der Waals surface area contributed by atoms with Gasteiger partial charge < -0.3 is 15.2 Å².